The highest BCUT2D eigenvalue weighted by atomic mass is 16.6. The van der Waals surface area contributed by atoms with Crippen molar-refractivity contribution in [3.05, 3.63) is 39.9 Å². The van der Waals surface area contributed by atoms with E-state index < -0.39 is 4.92 Å². The highest BCUT2D eigenvalue weighted by molar-refractivity contribution is 6.00. The van der Waals surface area contributed by atoms with Crippen LogP contribution in [-0.2, 0) is 4.79 Å². The van der Waals surface area contributed by atoms with Gasteiger partial charge in [-0.15, -0.1) is 0 Å². The van der Waals surface area contributed by atoms with E-state index in [1.807, 2.05) is 0 Å². The predicted molar refractivity (Wildman–Crippen MR) is 87.0 cm³/mol. The number of non-ortho nitro benzene ring substituents is 1. The summed E-state index contributed by atoms with van der Waals surface area (Å²) < 4.78 is 0. The van der Waals surface area contributed by atoms with Gasteiger partial charge in [0.1, 0.15) is 0 Å². The third-order valence-electron chi connectivity index (χ3n) is 5.42. The third kappa shape index (κ3) is 2.85. The molecule has 0 bridgehead atoms. The summed E-state index contributed by atoms with van der Waals surface area (Å²) in [6.45, 7) is 3.93. The summed E-state index contributed by atoms with van der Waals surface area (Å²) in [6.07, 6.45) is 4.65. The minimum atomic E-state index is -0.439. The smallest absolute Gasteiger partial charge is 0.270 e. The first-order valence-electron chi connectivity index (χ1n) is 8.02. The molecule has 122 valence electrons. The first kappa shape index (κ1) is 15.6. The number of nitrogens with zero attached hydrogens (tertiary/aromatic N) is 2. The summed E-state index contributed by atoms with van der Waals surface area (Å²) >= 11 is 0. The van der Waals surface area contributed by atoms with Gasteiger partial charge in [0.15, 0.2) is 0 Å². The lowest BCUT2D eigenvalue weighted by atomic mass is 9.90. The number of carbonyl (C=O) groups excluding carboxylic acids is 1. The van der Waals surface area contributed by atoms with Crippen LogP contribution < -0.4 is 5.43 Å². The number of nitro groups is 1. The summed E-state index contributed by atoms with van der Waals surface area (Å²) in [6, 6.07) is 6.26. The molecule has 0 aromatic heterocycles. The summed E-state index contributed by atoms with van der Waals surface area (Å²) in [4.78, 5) is 22.7. The Labute approximate surface area is 135 Å². The molecule has 1 aromatic rings. The van der Waals surface area contributed by atoms with E-state index in [1.54, 1.807) is 19.1 Å². The largest absolute Gasteiger partial charge is 0.273 e. The Balaban J connectivity index is 1.67. The van der Waals surface area contributed by atoms with E-state index in [-0.39, 0.29) is 22.9 Å². The number of hydrazone groups is 1. The molecule has 6 heteroatoms. The van der Waals surface area contributed by atoms with E-state index in [2.05, 4.69) is 17.5 Å². The molecule has 2 fully saturated rings. The van der Waals surface area contributed by atoms with Crippen LogP contribution in [0.3, 0.4) is 0 Å². The second kappa shape index (κ2) is 5.76. The van der Waals surface area contributed by atoms with Gasteiger partial charge in [-0.25, -0.2) is 5.43 Å². The van der Waals surface area contributed by atoms with Gasteiger partial charge in [0.2, 0.25) is 5.91 Å². The Kier molecular flexibility index (Phi) is 3.92. The van der Waals surface area contributed by atoms with Gasteiger partial charge in [0.05, 0.1) is 10.6 Å². The van der Waals surface area contributed by atoms with E-state index in [1.165, 1.54) is 25.0 Å². The summed E-state index contributed by atoms with van der Waals surface area (Å²) in [5.41, 5.74) is 4.02. The van der Waals surface area contributed by atoms with Crippen LogP contribution in [0.25, 0.3) is 0 Å². The fourth-order valence-corrected chi connectivity index (χ4v) is 3.97. The van der Waals surface area contributed by atoms with E-state index in [9.17, 15) is 14.9 Å². The molecule has 0 radical (unpaired) electrons. The lowest BCUT2D eigenvalue weighted by molar-refractivity contribution is -0.384. The Morgan fingerprint density at radius 2 is 2.22 bits per heavy atom. The molecule has 6 nitrogen and oxygen atoms in total. The summed E-state index contributed by atoms with van der Waals surface area (Å²) in [5, 5.41) is 15.0. The number of nitrogens with one attached hydrogen (secondary N) is 1. The molecule has 0 spiro atoms. The van der Waals surface area contributed by atoms with Crippen LogP contribution >= 0.6 is 0 Å². The van der Waals surface area contributed by atoms with E-state index in [0.717, 1.165) is 12.8 Å². The molecule has 0 unspecified atom stereocenters. The molecule has 0 heterocycles. The number of amides is 1. The van der Waals surface area contributed by atoms with Crippen molar-refractivity contribution >= 4 is 17.3 Å². The number of carbonyl (C=O) groups is 1. The minimum Gasteiger partial charge on any atom is -0.273 e. The third-order valence-corrected chi connectivity index (χ3v) is 5.42. The van der Waals surface area contributed by atoms with Crippen LogP contribution in [0.4, 0.5) is 5.69 Å². The van der Waals surface area contributed by atoms with Crippen molar-refractivity contribution in [2.75, 3.05) is 0 Å². The quantitative estimate of drug-likeness (QED) is 0.526. The Morgan fingerprint density at radius 3 is 2.87 bits per heavy atom. The molecule has 2 aliphatic carbocycles. The molecule has 3 atom stereocenters. The molecular formula is C17H21N3O3. The maximum atomic E-state index is 12.4. The number of fused-ring (bicyclic) bond motifs is 1. The maximum absolute atomic E-state index is 12.4. The van der Waals surface area contributed by atoms with Crippen LogP contribution in [0, 0.1) is 27.4 Å². The SMILES string of the molecule is C/C(=N/NC(=O)[C@@H]1[C@H]2CCCC[C@]21C)c1cccc([N+](=O)[O-])c1. The van der Waals surface area contributed by atoms with Crippen molar-refractivity contribution in [3.63, 3.8) is 0 Å². The van der Waals surface area contributed by atoms with Crippen LogP contribution in [-0.4, -0.2) is 16.5 Å². The first-order valence-corrected chi connectivity index (χ1v) is 8.02. The number of rotatable bonds is 4. The summed E-state index contributed by atoms with van der Waals surface area (Å²) in [7, 11) is 0. The van der Waals surface area contributed by atoms with Crippen LogP contribution in [0.1, 0.15) is 45.1 Å². The Morgan fingerprint density at radius 1 is 1.43 bits per heavy atom. The van der Waals surface area contributed by atoms with Crippen molar-refractivity contribution in [1.82, 2.24) is 5.43 Å². The van der Waals surface area contributed by atoms with Gasteiger partial charge in [0, 0.05) is 23.6 Å². The molecule has 1 N–H and O–H groups in total. The lowest BCUT2D eigenvalue weighted by Crippen LogP contribution is -2.23. The van der Waals surface area contributed by atoms with E-state index in [0.29, 0.717) is 17.2 Å². The number of hydrogen-bond acceptors (Lipinski definition) is 4. The molecule has 23 heavy (non-hydrogen) atoms. The van der Waals surface area contributed by atoms with Crippen molar-refractivity contribution in [1.29, 1.82) is 0 Å². The summed E-state index contributed by atoms with van der Waals surface area (Å²) in [5.74, 6) is 0.528. The molecule has 1 amide bonds. The molecule has 3 rings (SSSR count). The fourth-order valence-electron chi connectivity index (χ4n) is 3.97. The number of nitro benzene ring substituents is 1. The van der Waals surface area contributed by atoms with Crippen LogP contribution in [0.5, 0.6) is 0 Å². The zero-order chi connectivity index (χ0) is 16.6. The van der Waals surface area contributed by atoms with Gasteiger partial charge >= 0.3 is 0 Å². The average molecular weight is 315 g/mol. The molecular weight excluding hydrogens is 294 g/mol. The normalized spacial score (nSPS) is 29.6. The maximum Gasteiger partial charge on any atom is 0.270 e. The van der Waals surface area contributed by atoms with Crippen LogP contribution in [0.2, 0.25) is 0 Å². The second-order valence-electron chi connectivity index (χ2n) is 6.82. The Hall–Kier alpha value is -2.24. The van der Waals surface area contributed by atoms with Gasteiger partial charge in [-0.1, -0.05) is 31.9 Å². The fraction of sp³-hybridized carbons (Fsp3) is 0.529. The molecule has 0 aliphatic heterocycles. The van der Waals surface area contributed by atoms with Crippen molar-refractivity contribution < 1.29 is 9.72 Å². The zero-order valence-electron chi connectivity index (χ0n) is 13.4. The van der Waals surface area contributed by atoms with Crippen LogP contribution in [0.15, 0.2) is 29.4 Å². The van der Waals surface area contributed by atoms with Gasteiger partial charge in [-0.05, 0) is 31.1 Å². The Bertz CT molecular complexity index is 685. The monoisotopic (exact) mass is 315 g/mol. The number of benzene rings is 1. The molecule has 2 aliphatic rings. The number of hydrogen-bond donors (Lipinski definition) is 1. The van der Waals surface area contributed by atoms with Gasteiger partial charge in [-0.2, -0.15) is 5.10 Å². The zero-order valence-corrected chi connectivity index (χ0v) is 13.4. The van der Waals surface area contributed by atoms with Gasteiger partial charge in [0.25, 0.3) is 5.69 Å². The predicted octanol–water partition coefficient (Wildman–Crippen LogP) is 3.26. The van der Waals surface area contributed by atoms with Gasteiger partial charge < -0.3 is 0 Å². The molecule has 2 saturated carbocycles. The van der Waals surface area contributed by atoms with Crippen molar-refractivity contribution in [2.24, 2.45) is 22.4 Å². The average Bonchev–Trinajstić information content (AvgIpc) is 3.18. The standard InChI is InChI=1S/C17H21N3O3/c1-11(12-6-5-7-13(10-12)20(22)23)18-19-16(21)15-14-8-3-4-9-17(14,15)2/h5-7,10,14-15H,3-4,8-9H2,1-2H3,(H,19,21)/b18-11-/t14-,15+,17-/m1/s1. The molecule has 1 aromatic carbocycles. The second-order valence-corrected chi connectivity index (χ2v) is 6.82. The van der Waals surface area contributed by atoms with E-state index >= 15 is 0 Å². The topological polar surface area (TPSA) is 84.6 Å². The molecule has 0 saturated heterocycles. The minimum absolute atomic E-state index is 0.0177. The highest BCUT2D eigenvalue weighted by Crippen LogP contribution is 2.66. The van der Waals surface area contributed by atoms with Crippen molar-refractivity contribution in [3.8, 4) is 0 Å². The van der Waals surface area contributed by atoms with Crippen molar-refractivity contribution in [2.45, 2.75) is 39.5 Å². The highest BCUT2D eigenvalue weighted by Gasteiger charge is 2.64. The lowest BCUT2D eigenvalue weighted by Gasteiger charge is -2.15. The first-order chi connectivity index (χ1) is 10.9. The van der Waals surface area contributed by atoms with Gasteiger partial charge in [-0.3, -0.25) is 14.9 Å². The van der Waals surface area contributed by atoms with E-state index in [4.69, 9.17) is 0 Å².